The quantitative estimate of drug-likeness (QED) is 0.820. The van der Waals surface area contributed by atoms with Crippen molar-refractivity contribution in [1.82, 2.24) is 15.2 Å². The van der Waals surface area contributed by atoms with Crippen molar-refractivity contribution in [3.8, 4) is 11.7 Å². The van der Waals surface area contributed by atoms with Crippen LogP contribution in [0.5, 0.6) is 0 Å². The Bertz CT molecular complexity index is 652. The zero-order valence-corrected chi connectivity index (χ0v) is 16.1. The number of halogens is 2. The molecule has 1 atom stereocenters. The highest BCUT2D eigenvalue weighted by Gasteiger charge is 2.27. The Morgan fingerprint density at radius 3 is 2.84 bits per heavy atom. The Kier molecular flexibility index (Phi) is 8.48. The van der Waals surface area contributed by atoms with E-state index < -0.39 is 0 Å². The van der Waals surface area contributed by atoms with Crippen LogP contribution in [0.25, 0.3) is 11.7 Å². The Labute approximate surface area is 160 Å². The summed E-state index contributed by atoms with van der Waals surface area (Å²) >= 11 is 0. The fraction of sp³-hybridized carbons (Fsp3) is 0.529. The summed E-state index contributed by atoms with van der Waals surface area (Å²) in [5.41, 5.74) is 0.688. The second kappa shape index (κ2) is 9.85. The van der Waals surface area contributed by atoms with Crippen LogP contribution in [-0.2, 0) is 11.2 Å². The summed E-state index contributed by atoms with van der Waals surface area (Å²) < 4.78 is 10.9. The van der Waals surface area contributed by atoms with Gasteiger partial charge in [0.1, 0.15) is 5.76 Å². The first-order valence-corrected chi connectivity index (χ1v) is 8.19. The van der Waals surface area contributed by atoms with Gasteiger partial charge in [0.15, 0.2) is 5.76 Å². The molecule has 1 unspecified atom stereocenters. The second-order valence-corrected chi connectivity index (χ2v) is 5.91. The Hall–Kier alpha value is -1.50. The molecular weight excluding hydrogens is 365 g/mol. The van der Waals surface area contributed by atoms with E-state index in [2.05, 4.69) is 17.2 Å². The minimum Gasteiger partial charge on any atom is -0.459 e. The van der Waals surface area contributed by atoms with Crippen LogP contribution < -0.4 is 5.32 Å². The predicted octanol–water partition coefficient (Wildman–Crippen LogP) is 3.23. The third-order valence-corrected chi connectivity index (χ3v) is 4.20. The van der Waals surface area contributed by atoms with E-state index in [0.29, 0.717) is 29.1 Å². The van der Waals surface area contributed by atoms with Crippen molar-refractivity contribution in [2.45, 2.75) is 39.2 Å². The summed E-state index contributed by atoms with van der Waals surface area (Å²) in [4.78, 5) is 19.2. The first kappa shape index (κ1) is 21.5. The lowest BCUT2D eigenvalue weighted by Crippen LogP contribution is -2.43. The lowest BCUT2D eigenvalue weighted by molar-refractivity contribution is -0.132. The van der Waals surface area contributed by atoms with Gasteiger partial charge >= 0.3 is 0 Å². The van der Waals surface area contributed by atoms with Gasteiger partial charge in [-0.1, -0.05) is 6.92 Å². The summed E-state index contributed by atoms with van der Waals surface area (Å²) in [7, 11) is 0. The van der Waals surface area contributed by atoms with E-state index in [1.807, 2.05) is 11.8 Å². The van der Waals surface area contributed by atoms with Gasteiger partial charge in [-0.3, -0.25) is 4.79 Å². The summed E-state index contributed by atoms with van der Waals surface area (Å²) in [6, 6.07) is 3.87. The number of amides is 1. The molecular formula is C17H25Cl2N3O3. The van der Waals surface area contributed by atoms with Gasteiger partial charge in [0.2, 0.25) is 5.91 Å². The SMILES string of the molecule is CCCN(C(=O)Cc1nc(-c2ccco2)oc1C)C1CCNC1.Cl.Cl. The number of nitrogens with one attached hydrogen (secondary N) is 1. The van der Waals surface area contributed by atoms with Crippen LogP contribution in [0.15, 0.2) is 27.2 Å². The number of hydrogen-bond donors (Lipinski definition) is 1. The van der Waals surface area contributed by atoms with E-state index >= 15 is 0 Å². The maximum absolute atomic E-state index is 12.7. The Morgan fingerprint density at radius 1 is 1.44 bits per heavy atom. The highest BCUT2D eigenvalue weighted by atomic mass is 35.5. The summed E-state index contributed by atoms with van der Waals surface area (Å²) in [6.45, 7) is 6.57. The molecule has 1 N–H and O–H groups in total. The molecule has 8 heteroatoms. The van der Waals surface area contributed by atoms with E-state index in [1.54, 1.807) is 18.4 Å². The smallest absolute Gasteiger partial charge is 0.263 e. The van der Waals surface area contributed by atoms with Crippen molar-refractivity contribution in [2.24, 2.45) is 0 Å². The topological polar surface area (TPSA) is 71.5 Å². The second-order valence-electron chi connectivity index (χ2n) is 5.91. The molecule has 140 valence electrons. The molecule has 1 amide bonds. The van der Waals surface area contributed by atoms with Crippen LogP contribution in [0, 0.1) is 6.92 Å². The van der Waals surface area contributed by atoms with Crippen LogP contribution in [0.2, 0.25) is 0 Å². The van der Waals surface area contributed by atoms with Gasteiger partial charge in [-0.15, -0.1) is 24.8 Å². The number of hydrogen-bond acceptors (Lipinski definition) is 5. The van der Waals surface area contributed by atoms with E-state index in [9.17, 15) is 4.79 Å². The maximum atomic E-state index is 12.7. The number of nitrogens with zero attached hydrogens (tertiary/aromatic N) is 2. The molecule has 2 aromatic rings. The van der Waals surface area contributed by atoms with Gasteiger partial charge in [0.05, 0.1) is 18.4 Å². The first-order chi connectivity index (χ1) is 11.2. The largest absolute Gasteiger partial charge is 0.459 e. The number of furan rings is 1. The molecule has 1 aliphatic heterocycles. The molecule has 1 saturated heterocycles. The van der Waals surface area contributed by atoms with Crippen LogP contribution in [-0.4, -0.2) is 41.5 Å². The molecule has 0 aliphatic carbocycles. The van der Waals surface area contributed by atoms with E-state index in [4.69, 9.17) is 8.83 Å². The third-order valence-electron chi connectivity index (χ3n) is 4.20. The van der Waals surface area contributed by atoms with Crippen molar-refractivity contribution >= 4 is 30.7 Å². The number of aromatic nitrogens is 1. The van der Waals surface area contributed by atoms with Gasteiger partial charge in [-0.05, 0) is 38.4 Å². The zero-order chi connectivity index (χ0) is 16.2. The predicted molar refractivity (Wildman–Crippen MR) is 100 cm³/mol. The normalized spacial score (nSPS) is 16.2. The average molecular weight is 390 g/mol. The molecule has 0 radical (unpaired) electrons. The van der Waals surface area contributed by atoms with Gasteiger partial charge in [0.25, 0.3) is 5.89 Å². The molecule has 0 saturated carbocycles. The van der Waals surface area contributed by atoms with Crippen LogP contribution in [0.1, 0.15) is 31.2 Å². The Balaban J connectivity index is 0.00000156. The van der Waals surface area contributed by atoms with Crippen molar-refractivity contribution in [1.29, 1.82) is 0 Å². The molecule has 1 aliphatic rings. The molecule has 0 bridgehead atoms. The first-order valence-electron chi connectivity index (χ1n) is 8.19. The number of carbonyl (C=O) groups is 1. The van der Waals surface area contributed by atoms with Crippen molar-refractivity contribution in [3.05, 3.63) is 29.9 Å². The van der Waals surface area contributed by atoms with Gasteiger partial charge in [0, 0.05) is 19.1 Å². The van der Waals surface area contributed by atoms with Gasteiger partial charge in [-0.2, -0.15) is 0 Å². The van der Waals surface area contributed by atoms with Crippen LogP contribution in [0.3, 0.4) is 0 Å². The summed E-state index contributed by atoms with van der Waals surface area (Å²) in [5, 5.41) is 3.32. The third kappa shape index (κ3) is 5.00. The summed E-state index contributed by atoms with van der Waals surface area (Å²) in [6.07, 6.45) is 3.82. The number of aryl methyl sites for hydroxylation is 1. The van der Waals surface area contributed by atoms with E-state index in [-0.39, 0.29) is 37.1 Å². The molecule has 6 nitrogen and oxygen atoms in total. The molecule has 0 aromatic carbocycles. The maximum Gasteiger partial charge on any atom is 0.263 e. The highest BCUT2D eigenvalue weighted by molar-refractivity contribution is 5.85. The lowest BCUT2D eigenvalue weighted by atomic mass is 10.1. The average Bonchev–Trinajstić information content (AvgIpc) is 3.27. The number of carbonyl (C=O) groups excluding carboxylic acids is 1. The van der Waals surface area contributed by atoms with Gasteiger partial charge in [-0.25, -0.2) is 4.98 Å². The van der Waals surface area contributed by atoms with Crippen molar-refractivity contribution < 1.29 is 13.6 Å². The fourth-order valence-corrected chi connectivity index (χ4v) is 3.00. The van der Waals surface area contributed by atoms with Gasteiger partial charge < -0.3 is 19.1 Å². The monoisotopic (exact) mass is 389 g/mol. The molecule has 3 heterocycles. The standard InChI is InChI=1S/C17H23N3O3.2ClH/c1-3-8-20(13-6-7-18-11-13)16(21)10-14-12(2)23-17(19-14)15-5-4-9-22-15;;/h4-5,9,13,18H,3,6-8,10-11H2,1-2H3;2*1H. The lowest BCUT2D eigenvalue weighted by Gasteiger charge is -2.28. The molecule has 1 fully saturated rings. The van der Waals surface area contributed by atoms with Crippen LogP contribution >= 0.6 is 24.8 Å². The van der Waals surface area contributed by atoms with E-state index in [1.165, 1.54) is 0 Å². The summed E-state index contributed by atoms with van der Waals surface area (Å²) in [5.74, 6) is 1.80. The molecule has 3 rings (SSSR count). The van der Waals surface area contributed by atoms with Crippen molar-refractivity contribution in [2.75, 3.05) is 19.6 Å². The number of rotatable bonds is 6. The van der Waals surface area contributed by atoms with Crippen LogP contribution in [0.4, 0.5) is 0 Å². The van der Waals surface area contributed by atoms with Crippen molar-refractivity contribution in [3.63, 3.8) is 0 Å². The molecule has 0 spiro atoms. The fourth-order valence-electron chi connectivity index (χ4n) is 3.00. The zero-order valence-electron chi connectivity index (χ0n) is 14.5. The minimum atomic E-state index is 0. The molecule has 25 heavy (non-hydrogen) atoms. The highest BCUT2D eigenvalue weighted by Crippen LogP contribution is 2.23. The minimum absolute atomic E-state index is 0. The number of oxazole rings is 1. The molecule has 2 aromatic heterocycles. The van der Waals surface area contributed by atoms with E-state index in [0.717, 1.165) is 32.5 Å². The Morgan fingerprint density at radius 2 is 2.24 bits per heavy atom.